The van der Waals surface area contributed by atoms with Crippen LogP contribution in [0.1, 0.15) is 33.6 Å². The number of nitriles is 1. The van der Waals surface area contributed by atoms with Crippen molar-refractivity contribution in [2.45, 2.75) is 45.2 Å². The maximum absolute atomic E-state index is 9.64. The molecule has 1 atom stereocenters. The first-order valence-electron chi connectivity index (χ1n) is 6.98. The van der Waals surface area contributed by atoms with Gasteiger partial charge >= 0.3 is 0 Å². The summed E-state index contributed by atoms with van der Waals surface area (Å²) in [5.74, 6) is 0.515. The molecule has 0 radical (unpaired) electrons. The Morgan fingerprint density at radius 3 is 2.56 bits per heavy atom. The van der Waals surface area contributed by atoms with Crippen LogP contribution in [-0.4, -0.2) is 49.8 Å². The van der Waals surface area contributed by atoms with E-state index in [2.05, 4.69) is 37.1 Å². The summed E-state index contributed by atoms with van der Waals surface area (Å²) < 4.78 is 5.13. The molecule has 1 N–H and O–H groups in total. The number of likely N-dealkylation sites (N-methyl/N-ethyl adjacent to an activating group) is 1. The zero-order valence-electron chi connectivity index (χ0n) is 12.2. The van der Waals surface area contributed by atoms with E-state index >= 15 is 0 Å². The van der Waals surface area contributed by atoms with Gasteiger partial charge in [-0.15, -0.1) is 0 Å². The Hall–Kier alpha value is -0.630. The standard InChI is InChI=1S/C14H27N3O/c1-5-17(8-9-18-4)11-14(10-15,13-6-7-13)16-12(2)3/h12-13,16H,5-9,11H2,1-4H3. The smallest absolute Gasteiger partial charge is 0.122 e. The summed E-state index contributed by atoms with van der Waals surface area (Å²) in [4.78, 5) is 2.31. The number of hydrogen-bond donors (Lipinski definition) is 1. The van der Waals surface area contributed by atoms with Gasteiger partial charge in [0, 0.05) is 26.2 Å². The highest BCUT2D eigenvalue weighted by Crippen LogP contribution is 2.40. The summed E-state index contributed by atoms with van der Waals surface area (Å²) >= 11 is 0. The maximum Gasteiger partial charge on any atom is 0.122 e. The van der Waals surface area contributed by atoms with E-state index in [0.717, 1.165) is 26.2 Å². The Labute approximate surface area is 111 Å². The fraction of sp³-hybridized carbons (Fsp3) is 0.929. The van der Waals surface area contributed by atoms with Crippen LogP contribution in [0.2, 0.25) is 0 Å². The fourth-order valence-corrected chi connectivity index (χ4v) is 2.46. The average molecular weight is 253 g/mol. The van der Waals surface area contributed by atoms with E-state index in [0.29, 0.717) is 12.0 Å². The van der Waals surface area contributed by atoms with Gasteiger partial charge in [0.1, 0.15) is 5.54 Å². The highest BCUT2D eigenvalue weighted by Gasteiger charge is 2.46. The second-order valence-electron chi connectivity index (χ2n) is 5.52. The van der Waals surface area contributed by atoms with E-state index in [4.69, 9.17) is 4.74 Å². The minimum atomic E-state index is -0.377. The lowest BCUT2D eigenvalue weighted by Gasteiger charge is -2.35. The van der Waals surface area contributed by atoms with E-state index in [1.807, 2.05) is 0 Å². The third kappa shape index (κ3) is 4.24. The first-order valence-corrected chi connectivity index (χ1v) is 6.98. The number of hydrogen-bond acceptors (Lipinski definition) is 4. The minimum Gasteiger partial charge on any atom is -0.383 e. The molecule has 0 saturated heterocycles. The van der Waals surface area contributed by atoms with Crippen LogP contribution in [-0.2, 0) is 4.74 Å². The molecule has 1 rings (SSSR count). The number of nitrogens with one attached hydrogen (secondary N) is 1. The lowest BCUT2D eigenvalue weighted by molar-refractivity contribution is 0.128. The molecule has 0 heterocycles. The third-order valence-corrected chi connectivity index (χ3v) is 3.55. The monoisotopic (exact) mass is 253 g/mol. The van der Waals surface area contributed by atoms with Crippen LogP contribution >= 0.6 is 0 Å². The highest BCUT2D eigenvalue weighted by molar-refractivity contribution is 5.17. The van der Waals surface area contributed by atoms with Gasteiger partial charge in [0.25, 0.3) is 0 Å². The fourth-order valence-electron chi connectivity index (χ4n) is 2.46. The summed E-state index contributed by atoms with van der Waals surface area (Å²) in [5, 5.41) is 13.1. The molecule has 18 heavy (non-hydrogen) atoms. The quantitative estimate of drug-likeness (QED) is 0.678. The van der Waals surface area contributed by atoms with Gasteiger partial charge in [-0.3, -0.25) is 10.2 Å². The predicted octanol–water partition coefficient (Wildman–Crippen LogP) is 1.63. The molecule has 4 nitrogen and oxygen atoms in total. The SMILES string of the molecule is CCN(CCOC)CC(C#N)(NC(C)C)C1CC1. The van der Waals surface area contributed by atoms with Crippen LogP contribution in [0.3, 0.4) is 0 Å². The molecule has 0 aromatic heterocycles. The molecule has 1 aliphatic rings. The van der Waals surface area contributed by atoms with Crippen molar-refractivity contribution in [3.8, 4) is 6.07 Å². The van der Waals surface area contributed by atoms with Crippen LogP contribution in [0, 0.1) is 17.2 Å². The normalized spacial score (nSPS) is 18.9. The zero-order valence-corrected chi connectivity index (χ0v) is 12.2. The molecule has 1 saturated carbocycles. The van der Waals surface area contributed by atoms with Crippen LogP contribution in [0.15, 0.2) is 0 Å². The second-order valence-corrected chi connectivity index (χ2v) is 5.52. The largest absolute Gasteiger partial charge is 0.383 e. The number of ether oxygens (including phenoxy) is 1. The molecule has 0 aromatic rings. The van der Waals surface area contributed by atoms with Crippen molar-refractivity contribution in [1.29, 1.82) is 5.26 Å². The zero-order chi connectivity index (χ0) is 13.6. The molecule has 1 aliphatic carbocycles. The highest BCUT2D eigenvalue weighted by atomic mass is 16.5. The van der Waals surface area contributed by atoms with Crippen molar-refractivity contribution in [1.82, 2.24) is 10.2 Å². The molecule has 0 bridgehead atoms. The summed E-state index contributed by atoms with van der Waals surface area (Å²) in [6.07, 6.45) is 2.35. The topological polar surface area (TPSA) is 48.3 Å². The van der Waals surface area contributed by atoms with E-state index in [-0.39, 0.29) is 5.54 Å². The van der Waals surface area contributed by atoms with Crippen molar-refractivity contribution in [3.05, 3.63) is 0 Å². The molecule has 0 spiro atoms. The van der Waals surface area contributed by atoms with E-state index in [1.165, 1.54) is 12.8 Å². The first-order chi connectivity index (χ1) is 8.57. The van der Waals surface area contributed by atoms with Gasteiger partial charge in [-0.25, -0.2) is 0 Å². The van der Waals surface area contributed by atoms with E-state index < -0.39 is 0 Å². The summed E-state index contributed by atoms with van der Waals surface area (Å²) in [7, 11) is 1.72. The second kappa shape index (κ2) is 7.08. The lowest BCUT2D eigenvalue weighted by Crippen LogP contribution is -2.57. The lowest BCUT2D eigenvalue weighted by atomic mass is 9.93. The van der Waals surface area contributed by atoms with Crippen LogP contribution < -0.4 is 5.32 Å². The number of methoxy groups -OCH3 is 1. The molecule has 1 fully saturated rings. The van der Waals surface area contributed by atoms with E-state index in [9.17, 15) is 5.26 Å². The third-order valence-electron chi connectivity index (χ3n) is 3.55. The van der Waals surface area contributed by atoms with Crippen molar-refractivity contribution >= 4 is 0 Å². The van der Waals surface area contributed by atoms with Crippen LogP contribution in [0.5, 0.6) is 0 Å². The average Bonchev–Trinajstić information content (AvgIpc) is 3.17. The number of rotatable bonds is 9. The van der Waals surface area contributed by atoms with Gasteiger partial charge in [0.15, 0.2) is 0 Å². The molecule has 0 aromatic carbocycles. The minimum absolute atomic E-state index is 0.339. The Kier molecular flexibility index (Phi) is 6.07. The van der Waals surface area contributed by atoms with Crippen molar-refractivity contribution in [2.75, 3.05) is 33.4 Å². The Balaban J connectivity index is 2.67. The van der Waals surface area contributed by atoms with Crippen molar-refractivity contribution in [3.63, 3.8) is 0 Å². The molecule has 4 heteroatoms. The molecular weight excluding hydrogens is 226 g/mol. The molecule has 0 aliphatic heterocycles. The van der Waals surface area contributed by atoms with Gasteiger partial charge in [0.2, 0.25) is 0 Å². The van der Waals surface area contributed by atoms with Crippen LogP contribution in [0.4, 0.5) is 0 Å². The molecular formula is C14H27N3O. The van der Waals surface area contributed by atoms with Gasteiger partial charge in [0.05, 0.1) is 12.7 Å². The molecule has 1 unspecified atom stereocenters. The van der Waals surface area contributed by atoms with Gasteiger partial charge in [-0.05, 0) is 39.2 Å². The van der Waals surface area contributed by atoms with E-state index in [1.54, 1.807) is 7.11 Å². The van der Waals surface area contributed by atoms with Gasteiger partial charge in [-0.2, -0.15) is 5.26 Å². The number of nitrogens with zero attached hydrogens (tertiary/aromatic N) is 2. The summed E-state index contributed by atoms with van der Waals surface area (Å²) in [5.41, 5.74) is -0.377. The molecule has 0 amide bonds. The Bertz CT molecular complexity index is 283. The molecule has 104 valence electrons. The summed E-state index contributed by atoms with van der Waals surface area (Å²) in [6.45, 7) is 9.73. The van der Waals surface area contributed by atoms with Gasteiger partial charge in [-0.1, -0.05) is 6.92 Å². The first kappa shape index (κ1) is 15.4. The van der Waals surface area contributed by atoms with Crippen LogP contribution in [0.25, 0.3) is 0 Å². The van der Waals surface area contributed by atoms with Crippen molar-refractivity contribution in [2.24, 2.45) is 5.92 Å². The van der Waals surface area contributed by atoms with Crippen molar-refractivity contribution < 1.29 is 4.74 Å². The Morgan fingerprint density at radius 1 is 1.50 bits per heavy atom. The predicted molar refractivity (Wildman–Crippen MR) is 73.3 cm³/mol. The maximum atomic E-state index is 9.64. The Morgan fingerprint density at radius 2 is 2.17 bits per heavy atom. The summed E-state index contributed by atoms with van der Waals surface area (Å²) in [6, 6.07) is 2.90. The van der Waals surface area contributed by atoms with Gasteiger partial charge < -0.3 is 4.74 Å².